The highest BCUT2D eigenvalue weighted by atomic mass is 32.2. The topological polar surface area (TPSA) is 41.1 Å². The molecule has 1 unspecified atom stereocenters. The summed E-state index contributed by atoms with van der Waals surface area (Å²) in [7, 11) is 0. The lowest BCUT2D eigenvalue weighted by atomic mass is 10.2. The number of hydrogen-bond acceptors (Lipinski definition) is 4. The Kier molecular flexibility index (Phi) is 5.47. The van der Waals surface area contributed by atoms with Gasteiger partial charge in [0.05, 0.1) is 11.7 Å². The van der Waals surface area contributed by atoms with Gasteiger partial charge in [0.1, 0.15) is 0 Å². The van der Waals surface area contributed by atoms with E-state index in [0.29, 0.717) is 28.1 Å². The van der Waals surface area contributed by atoms with Gasteiger partial charge >= 0.3 is 0 Å². The van der Waals surface area contributed by atoms with Crippen LogP contribution < -0.4 is 10.6 Å². The zero-order valence-corrected chi connectivity index (χ0v) is 11.7. The van der Waals surface area contributed by atoms with Crippen LogP contribution in [0.15, 0.2) is 29.2 Å². The van der Waals surface area contributed by atoms with E-state index in [1.807, 2.05) is 0 Å². The summed E-state index contributed by atoms with van der Waals surface area (Å²) in [6, 6.07) is 6.35. The average Bonchev–Trinajstić information content (AvgIpc) is 2.41. The van der Waals surface area contributed by atoms with Gasteiger partial charge in [0.25, 0.3) is 5.76 Å². The molecule has 2 rings (SSSR count). The van der Waals surface area contributed by atoms with E-state index in [1.165, 1.54) is 0 Å². The van der Waals surface area contributed by atoms with Crippen molar-refractivity contribution >= 4 is 35.1 Å². The van der Waals surface area contributed by atoms with Crippen molar-refractivity contribution < 1.29 is 13.6 Å². The number of anilines is 1. The van der Waals surface area contributed by atoms with Crippen LogP contribution in [-0.2, 0) is 4.79 Å². The Balaban J connectivity index is 2.03. The lowest BCUT2D eigenvalue weighted by Gasteiger charge is -2.22. The maximum atomic E-state index is 12.4. The van der Waals surface area contributed by atoms with Gasteiger partial charge in [-0.05, 0) is 12.1 Å². The molecule has 0 spiro atoms. The van der Waals surface area contributed by atoms with Crippen molar-refractivity contribution in [3.63, 3.8) is 0 Å². The minimum absolute atomic E-state index is 0.172. The number of carbonyl (C=O) groups excluding carboxylic acids is 1. The molecule has 1 aliphatic heterocycles. The summed E-state index contributed by atoms with van der Waals surface area (Å²) in [5.74, 6) is -0.978. The first-order valence-electron chi connectivity index (χ1n) is 5.82. The minimum atomic E-state index is -2.50. The predicted octanol–water partition coefficient (Wildman–Crippen LogP) is 2.64. The highest BCUT2D eigenvalue weighted by molar-refractivity contribution is 7.99. The first kappa shape index (κ1) is 14.6. The van der Waals surface area contributed by atoms with E-state index in [-0.39, 0.29) is 11.9 Å². The molecule has 3 nitrogen and oxygen atoms in total. The maximum Gasteiger partial charge on any atom is 0.288 e. The van der Waals surface area contributed by atoms with E-state index in [9.17, 15) is 13.6 Å². The van der Waals surface area contributed by atoms with Crippen molar-refractivity contribution in [2.75, 3.05) is 23.4 Å². The molecule has 1 aromatic rings. The lowest BCUT2D eigenvalue weighted by molar-refractivity contribution is -0.117. The summed E-state index contributed by atoms with van der Waals surface area (Å²) >= 11 is 2.15. The van der Waals surface area contributed by atoms with Gasteiger partial charge in [-0.25, -0.2) is 0 Å². The van der Waals surface area contributed by atoms with Crippen LogP contribution in [0.1, 0.15) is 0 Å². The highest BCUT2D eigenvalue weighted by Gasteiger charge is 2.22. The Labute approximate surface area is 118 Å². The van der Waals surface area contributed by atoms with E-state index in [0.717, 1.165) is 12.3 Å². The average molecular weight is 304 g/mol. The standard InChI is InChI=1S/C12H14F2N2OS2/c13-12(14)19-10-4-2-1-3-8(10)16-11(17)9-7-18-6-5-15-9/h1-4,9,12,15H,5-7H2,(H,16,17). The maximum absolute atomic E-state index is 12.4. The van der Waals surface area contributed by atoms with Crippen LogP contribution in [0.2, 0.25) is 0 Å². The van der Waals surface area contributed by atoms with Gasteiger partial charge < -0.3 is 10.6 Å². The number of para-hydroxylation sites is 1. The normalized spacial score (nSPS) is 19.4. The van der Waals surface area contributed by atoms with Gasteiger partial charge in [-0.3, -0.25) is 4.79 Å². The van der Waals surface area contributed by atoms with E-state index in [4.69, 9.17) is 0 Å². The number of benzene rings is 1. The molecule has 0 aliphatic carbocycles. The second-order valence-corrected chi connectivity index (χ2v) is 6.13. The number of halogens is 2. The molecule has 1 heterocycles. The third-order valence-electron chi connectivity index (χ3n) is 2.60. The molecule has 104 valence electrons. The van der Waals surface area contributed by atoms with Crippen molar-refractivity contribution in [1.29, 1.82) is 0 Å². The Hall–Kier alpha value is -0.790. The molecule has 1 saturated heterocycles. The zero-order chi connectivity index (χ0) is 13.7. The molecule has 19 heavy (non-hydrogen) atoms. The first-order valence-corrected chi connectivity index (χ1v) is 7.86. The number of carbonyl (C=O) groups is 1. The first-order chi connectivity index (χ1) is 9.16. The molecule has 0 bridgehead atoms. The van der Waals surface area contributed by atoms with Crippen molar-refractivity contribution in [3.05, 3.63) is 24.3 Å². The minimum Gasteiger partial charge on any atom is -0.324 e. The van der Waals surface area contributed by atoms with Crippen LogP contribution in [0.3, 0.4) is 0 Å². The number of rotatable bonds is 4. The van der Waals surface area contributed by atoms with E-state index >= 15 is 0 Å². The van der Waals surface area contributed by atoms with Gasteiger partial charge in [-0.15, -0.1) is 0 Å². The second-order valence-electron chi connectivity index (χ2n) is 3.95. The van der Waals surface area contributed by atoms with E-state index in [2.05, 4.69) is 10.6 Å². The predicted molar refractivity (Wildman–Crippen MR) is 76.0 cm³/mol. The zero-order valence-electron chi connectivity index (χ0n) is 10.1. The molecule has 0 aromatic heterocycles. The van der Waals surface area contributed by atoms with Crippen LogP contribution >= 0.6 is 23.5 Å². The smallest absolute Gasteiger partial charge is 0.288 e. The van der Waals surface area contributed by atoms with Crippen LogP contribution in [0.25, 0.3) is 0 Å². The van der Waals surface area contributed by atoms with Crippen LogP contribution in [0, 0.1) is 0 Å². The number of nitrogens with one attached hydrogen (secondary N) is 2. The summed E-state index contributed by atoms with van der Waals surface area (Å²) in [5.41, 5.74) is 0.440. The number of thioether (sulfide) groups is 2. The Morgan fingerprint density at radius 3 is 2.95 bits per heavy atom. The Morgan fingerprint density at radius 2 is 2.26 bits per heavy atom. The van der Waals surface area contributed by atoms with Gasteiger partial charge in [-0.2, -0.15) is 20.5 Å². The molecule has 7 heteroatoms. The van der Waals surface area contributed by atoms with Crippen molar-refractivity contribution in [2.24, 2.45) is 0 Å². The number of amides is 1. The quantitative estimate of drug-likeness (QED) is 0.839. The van der Waals surface area contributed by atoms with Gasteiger partial charge in [0.15, 0.2) is 0 Å². The Morgan fingerprint density at radius 1 is 1.47 bits per heavy atom. The van der Waals surface area contributed by atoms with Crippen LogP contribution in [0.4, 0.5) is 14.5 Å². The molecule has 1 amide bonds. The van der Waals surface area contributed by atoms with Crippen LogP contribution in [-0.4, -0.2) is 35.8 Å². The second kappa shape index (κ2) is 7.12. The van der Waals surface area contributed by atoms with E-state index in [1.54, 1.807) is 36.0 Å². The number of alkyl halides is 2. The molecule has 0 saturated carbocycles. The van der Waals surface area contributed by atoms with Crippen molar-refractivity contribution in [3.8, 4) is 0 Å². The summed E-state index contributed by atoms with van der Waals surface area (Å²) in [6.07, 6.45) is 0. The van der Waals surface area contributed by atoms with Gasteiger partial charge in [-0.1, -0.05) is 23.9 Å². The summed E-state index contributed by atoms with van der Waals surface area (Å²) in [4.78, 5) is 12.4. The SMILES string of the molecule is O=C(Nc1ccccc1SC(F)F)C1CSCCN1. The molecule has 2 N–H and O–H groups in total. The third-order valence-corrected chi connectivity index (χ3v) is 4.45. The molecule has 1 aromatic carbocycles. The van der Waals surface area contributed by atoms with Gasteiger partial charge in [0.2, 0.25) is 5.91 Å². The number of hydrogen-bond donors (Lipinski definition) is 2. The molecule has 1 aliphatic rings. The summed E-state index contributed by atoms with van der Waals surface area (Å²) in [6.45, 7) is 0.788. The molecule has 1 fully saturated rings. The third kappa shape index (κ3) is 4.36. The van der Waals surface area contributed by atoms with Crippen molar-refractivity contribution in [2.45, 2.75) is 16.7 Å². The van der Waals surface area contributed by atoms with E-state index < -0.39 is 5.76 Å². The van der Waals surface area contributed by atoms with Gasteiger partial charge in [0, 0.05) is 22.9 Å². The Bertz CT molecular complexity index is 439. The molecular weight excluding hydrogens is 290 g/mol. The highest BCUT2D eigenvalue weighted by Crippen LogP contribution is 2.31. The fourth-order valence-electron chi connectivity index (χ4n) is 1.72. The molecule has 0 radical (unpaired) electrons. The van der Waals surface area contributed by atoms with Crippen LogP contribution in [0.5, 0.6) is 0 Å². The van der Waals surface area contributed by atoms with Crippen molar-refractivity contribution in [1.82, 2.24) is 5.32 Å². The molecular formula is C12H14F2N2OS2. The summed E-state index contributed by atoms with van der Waals surface area (Å²) < 4.78 is 24.9. The lowest BCUT2D eigenvalue weighted by Crippen LogP contribution is -2.46. The molecule has 1 atom stereocenters. The fraction of sp³-hybridized carbons (Fsp3) is 0.417. The largest absolute Gasteiger partial charge is 0.324 e. The summed E-state index contributed by atoms with van der Waals surface area (Å²) in [5, 5.41) is 5.83. The fourth-order valence-corrected chi connectivity index (χ4v) is 3.25. The monoisotopic (exact) mass is 304 g/mol.